The average molecular weight is 305 g/mol. The quantitative estimate of drug-likeness (QED) is 0.908. The molecule has 2 N–H and O–H groups in total. The summed E-state index contributed by atoms with van der Waals surface area (Å²) in [6.07, 6.45) is 1.30. The van der Waals surface area contributed by atoms with E-state index >= 15 is 0 Å². The second kappa shape index (κ2) is 5.67. The van der Waals surface area contributed by atoms with Crippen LogP contribution in [-0.4, -0.2) is 27.1 Å². The van der Waals surface area contributed by atoms with Crippen molar-refractivity contribution in [2.75, 3.05) is 5.32 Å². The molecule has 0 bridgehead atoms. The van der Waals surface area contributed by atoms with Gasteiger partial charge in [0.25, 0.3) is 6.43 Å². The molecule has 1 aromatic carbocycles. The highest BCUT2D eigenvalue weighted by atomic mass is 19.3. The smallest absolute Gasteiger partial charge is 0.338 e. The topological polar surface area (TPSA) is 75.1 Å². The van der Waals surface area contributed by atoms with Crippen LogP contribution in [0.15, 0.2) is 30.6 Å². The largest absolute Gasteiger partial charge is 0.478 e. The van der Waals surface area contributed by atoms with E-state index in [0.717, 1.165) is 11.1 Å². The Kier molecular flexibility index (Phi) is 3.70. The summed E-state index contributed by atoms with van der Waals surface area (Å²) in [6, 6.07) is 4.73. The number of anilines is 1. The zero-order valence-corrected chi connectivity index (χ0v) is 11.5. The Labute approximate surface area is 125 Å². The molecule has 0 amide bonds. The third-order valence-electron chi connectivity index (χ3n) is 3.65. The number of nitrogens with one attached hydrogen (secondary N) is 1. The fourth-order valence-electron chi connectivity index (χ4n) is 2.57. The van der Waals surface area contributed by atoms with Gasteiger partial charge in [0.05, 0.1) is 5.56 Å². The molecule has 1 heterocycles. The maximum absolute atomic E-state index is 12.7. The van der Waals surface area contributed by atoms with Crippen LogP contribution >= 0.6 is 0 Å². The number of carboxylic acid groups (broad SMARTS) is 1. The fraction of sp³-hybridized carbons (Fsp3) is 0.267. The summed E-state index contributed by atoms with van der Waals surface area (Å²) in [7, 11) is 0. The second-order valence-corrected chi connectivity index (χ2v) is 5.18. The molecule has 1 aliphatic rings. The molecule has 22 heavy (non-hydrogen) atoms. The van der Waals surface area contributed by atoms with Crippen molar-refractivity contribution >= 4 is 11.9 Å². The van der Waals surface area contributed by atoms with Gasteiger partial charge >= 0.3 is 5.97 Å². The Balaban J connectivity index is 1.69. The monoisotopic (exact) mass is 305 g/mol. The molecule has 1 aliphatic carbocycles. The molecule has 5 nitrogen and oxygen atoms in total. The molecule has 0 aliphatic heterocycles. The van der Waals surface area contributed by atoms with Crippen LogP contribution in [0.5, 0.6) is 0 Å². The summed E-state index contributed by atoms with van der Waals surface area (Å²) >= 11 is 0. The third kappa shape index (κ3) is 2.88. The van der Waals surface area contributed by atoms with Crippen LogP contribution in [0.2, 0.25) is 0 Å². The Morgan fingerprint density at radius 3 is 2.55 bits per heavy atom. The van der Waals surface area contributed by atoms with Gasteiger partial charge in [-0.2, -0.15) is 0 Å². The highest BCUT2D eigenvalue weighted by Gasteiger charge is 2.23. The molecule has 1 atom stereocenters. The number of hydrogen-bond donors (Lipinski definition) is 2. The second-order valence-electron chi connectivity index (χ2n) is 5.18. The minimum absolute atomic E-state index is 0.0126. The minimum atomic E-state index is -2.47. The Hall–Kier alpha value is -2.57. The van der Waals surface area contributed by atoms with Gasteiger partial charge in [-0.25, -0.2) is 23.5 Å². The Morgan fingerprint density at radius 2 is 1.91 bits per heavy atom. The number of halogens is 2. The van der Waals surface area contributed by atoms with Gasteiger partial charge in [0.2, 0.25) is 5.95 Å². The lowest BCUT2D eigenvalue weighted by atomic mass is 10.1. The van der Waals surface area contributed by atoms with Crippen LogP contribution < -0.4 is 5.32 Å². The number of alkyl halides is 2. The van der Waals surface area contributed by atoms with Crippen LogP contribution in [0.3, 0.4) is 0 Å². The maximum Gasteiger partial charge on any atom is 0.338 e. The standard InChI is InChI=1S/C15H13F2N3O2/c16-13(17)9-2-1-8-4-12(5-10(8)3-9)20-15-18-6-11(7-19-15)14(21)22/h1-3,6-7,12-13H,4-5H2,(H,21,22)(H,18,19,20). The van der Waals surface area contributed by atoms with Crippen LogP contribution in [0, 0.1) is 0 Å². The normalized spacial score (nSPS) is 16.6. The molecule has 2 aromatic rings. The fourth-order valence-corrected chi connectivity index (χ4v) is 2.57. The van der Waals surface area contributed by atoms with Crippen molar-refractivity contribution in [3.05, 3.63) is 52.8 Å². The van der Waals surface area contributed by atoms with E-state index < -0.39 is 12.4 Å². The lowest BCUT2D eigenvalue weighted by Gasteiger charge is -2.11. The van der Waals surface area contributed by atoms with Crippen LogP contribution in [-0.2, 0) is 12.8 Å². The number of aromatic carboxylic acids is 1. The molecular weight excluding hydrogens is 292 g/mol. The van der Waals surface area contributed by atoms with E-state index in [1.165, 1.54) is 24.5 Å². The molecule has 3 rings (SSSR count). The van der Waals surface area contributed by atoms with E-state index in [1.807, 2.05) is 0 Å². The molecule has 7 heteroatoms. The molecular formula is C15H13F2N3O2. The zero-order valence-electron chi connectivity index (χ0n) is 11.5. The minimum Gasteiger partial charge on any atom is -0.478 e. The molecule has 0 fully saturated rings. The number of benzene rings is 1. The van der Waals surface area contributed by atoms with E-state index in [2.05, 4.69) is 15.3 Å². The number of fused-ring (bicyclic) bond motifs is 1. The van der Waals surface area contributed by atoms with Gasteiger partial charge in [-0.1, -0.05) is 12.1 Å². The van der Waals surface area contributed by atoms with Crippen molar-refractivity contribution < 1.29 is 18.7 Å². The van der Waals surface area contributed by atoms with Crippen molar-refractivity contribution in [1.29, 1.82) is 0 Å². The molecule has 0 saturated carbocycles. The number of hydrogen-bond acceptors (Lipinski definition) is 4. The van der Waals surface area contributed by atoms with Gasteiger partial charge in [0.1, 0.15) is 0 Å². The first-order valence-corrected chi connectivity index (χ1v) is 6.74. The van der Waals surface area contributed by atoms with E-state index in [-0.39, 0.29) is 17.2 Å². The summed E-state index contributed by atoms with van der Waals surface area (Å²) < 4.78 is 25.4. The number of carbonyl (C=O) groups is 1. The van der Waals surface area contributed by atoms with Gasteiger partial charge in [0.15, 0.2) is 0 Å². The first kappa shape index (κ1) is 14.4. The lowest BCUT2D eigenvalue weighted by Crippen LogP contribution is -2.21. The molecule has 114 valence electrons. The van der Waals surface area contributed by atoms with Crippen molar-refractivity contribution in [1.82, 2.24) is 9.97 Å². The van der Waals surface area contributed by atoms with Crippen molar-refractivity contribution in [2.24, 2.45) is 0 Å². The van der Waals surface area contributed by atoms with E-state index in [4.69, 9.17) is 5.11 Å². The summed E-state index contributed by atoms with van der Waals surface area (Å²) in [5.74, 6) is -0.753. The van der Waals surface area contributed by atoms with Crippen molar-refractivity contribution in [2.45, 2.75) is 25.3 Å². The van der Waals surface area contributed by atoms with Gasteiger partial charge in [-0.15, -0.1) is 0 Å². The zero-order chi connectivity index (χ0) is 15.7. The van der Waals surface area contributed by atoms with E-state index in [9.17, 15) is 13.6 Å². The number of aromatic nitrogens is 2. The van der Waals surface area contributed by atoms with E-state index in [0.29, 0.717) is 18.8 Å². The van der Waals surface area contributed by atoms with Crippen molar-refractivity contribution in [3.8, 4) is 0 Å². The van der Waals surface area contributed by atoms with Gasteiger partial charge in [-0.3, -0.25) is 0 Å². The first-order valence-electron chi connectivity index (χ1n) is 6.74. The number of nitrogens with zero attached hydrogens (tertiary/aromatic N) is 2. The Morgan fingerprint density at radius 1 is 1.23 bits per heavy atom. The summed E-state index contributed by atoms with van der Waals surface area (Å²) in [5.41, 5.74) is 1.98. The highest BCUT2D eigenvalue weighted by molar-refractivity contribution is 5.86. The van der Waals surface area contributed by atoms with Gasteiger partial charge in [0, 0.05) is 24.0 Å². The van der Waals surface area contributed by atoms with Crippen LogP contribution in [0.25, 0.3) is 0 Å². The first-order chi connectivity index (χ1) is 10.5. The molecule has 0 radical (unpaired) electrons. The van der Waals surface area contributed by atoms with Gasteiger partial charge in [-0.05, 0) is 30.0 Å². The SMILES string of the molecule is O=C(O)c1cnc(NC2Cc3ccc(C(F)F)cc3C2)nc1. The molecule has 0 saturated heterocycles. The molecule has 1 unspecified atom stereocenters. The van der Waals surface area contributed by atoms with Crippen LogP contribution in [0.4, 0.5) is 14.7 Å². The lowest BCUT2D eigenvalue weighted by molar-refractivity contribution is 0.0696. The third-order valence-corrected chi connectivity index (χ3v) is 3.65. The van der Waals surface area contributed by atoms with Crippen molar-refractivity contribution in [3.63, 3.8) is 0 Å². The Bertz CT molecular complexity index is 704. The number of carboxylic acids is 1. The molecule has 1 aromatic heterocycles. The summed E-state index contributed by atoms with van der Waals surface area (Å²) in [4.78, 5) is 18.6. The predicted octanol–water partition coefficient (Wildman–Crippen LogP) is 2.69. The van der Waals surface area contributed by atoms with Crippen LogP contribution in [0.1, 0.15) is 33.5 Å². The summed E-state index contributed by atoms with van der Waals surface area (Å²) in [5, 5.41) is 11.9. The molecule has 0 spiro atoms. The number of rotatable bonds is 4. The summed E-state index contributed by atoms with van der Waals surface area (Å²) in [6.45, 7) is 0. The highest BCUT2D eigenvalue weighted by Crippen LogP contribution is 2.28. The van der Waals surface area contributed by atoms with E-state index in [1.54, 1.807) is 6.07 Å². The predicted molar refractivity (Wildman–Crippen MR) is 75.2 cm³/mol. The van der Waals surface area contributed by atoms with Gasteiger partial charge < -0.3 is 10.4 Å². The maximum atomic E-state index is 12.7. The average Bonchev–Trinajstić information content (AvgIpc) is 2.88.